The summed E-state index contributed by atoms with van der Waals surface area (Å²) >= 11 is 0. The number of carbonyl (C=O) groups excluding carboxylic acids is 1. The van der Waals surface area contributed by atoms with Crippen LogP contribution in [0.3, 0.4) is 0 Å². The van der Waals surface area contributed by atoms with Crippen molar-refractivity contribution in [3.63, 3.8) is 0 Å². The molecular weight excluding hydrogens is 198 g/mol. The van der Waals surface area contributed by atoms with E-state index in [-0.39, 0.29) is 5.78 Å². The van der Waals surface area contributed by atoms with E-state index < -0.39 is 0 Å². The fraction of sp³-hybridized carbons (Fsp3) is 0.500. The Morgan fingerprint density at radius 1 is 1.25 bits per heavy atom. The molecule has 0 bridgehead atoms. The summed E-state index contributed by atoms with van der Waals surface area (Å²) in [7, 11) is 0. The number of hydrogen-bond acceptors (Lipinski definition) is 2. The molecule has 2 nitrogen and oxygen atoms in total. The van der Waals surface area contributed by atoms with Crippen LogP contribution in [0.15, 0.2) is 18.2 Å². The first-order chi connectivity index (χ1) is 7.66. The van der Waals surface area contributed by atoms with Gasteiger partial charge in [0.15, 0.2) is 5.78 Å². The lowest BCUT2D eigenvalue weighted by Gasteiger charge is -2.14. The van der Waals surface area contributed by atoms with Gasteiger partial charge in [-0.3, -0.25) is 9.69 Å². The number of hydrogen-bond donors (Lipinski definition) is 0. The van der Waals surface area contributed by atoms with Crippen molar-refractivity contribution in [1.29, 1.82) is 0 Å². The zero-order valence-corrected chi connectivity index (χ0v) is 10.1. The van der Waals surface area contributed by atoms with Crippen LogP contribution in [-0.2, 0) is 0 Å². The Balaban J connectivity index is 2.08. The van der Waals surface area contributed by atoms with Gasteiger partial charge < -0.3 is 0 Å². The molecule has 1 aliphatic rings. The molecule has 1 saturated heterocycles. The number of rotatable bonds is 3. The van der Waals surface area contributed by atoms with Crippen molar-refractivity contribution >= 4 is 5.78 Å². The smallest absolute Gasteiger partial charge is 0.177 e. The molecule has 0 aliphatic carbocycles. The zero-order chi connectivity index (χ0) is 11.5. The number of carbonyl (C=O) groups is 1. The van der Waals surface area contributed by atoms with Gasteiger partial charge >= 0.3 is 0 Å². The van der Waals surface area contributed by atoms with Crippen LogP contribution in [0.2, 0.25) is 0 Å². The third-order valence-electron chi connectivity index (χ3n) is 3.25. The highest BCUT2D eigenvalue weighted by Gasteiger charge is 2.17. The molecule has 16 heavy (non-hydrogen) atoms. The average Bonchev–Trinajstić information content (AvgIpc) is 2.70. The van der Waals surface area contributed by atoms with Gasteiger partial charge in [0.1, 0.15) is 0 Å². The van der Waals surface area contributed by atoms with Gasteiger partial charge in [0.2, 0.25) is 0 Å². The van der Waals surface area contributed by atoms with Crippen molar-refractivity contribution < 1.29 is 4.79 Å². The number of aryl methyl sites for hydroxylation is 2. The minimum Gasteiger partial charge on any atom is -0.296 e. The van der Waals surface area contributed by atoms with Crippen LogP contribution in [0.5, 0.6) is 0 Å². The zero-order valence-electron chi connectivity index (χ0n) is 10.1. The Kier molecular flexibility index (Phi) is 3.39. The number of nitrogens with zero attached hydrogens (tertiary/aromatic N) is 1. The van der Waals surface area contributed by atoms with Crippen molar-refractivity contribution in [2.45, 2.75) is 26.7 Å². The first kappa shape index (κ1) is 11.3. The van der Waals surface area contributed by atoms with Crippen LogP contribution >= 0.6 is 0 Å². The molecule has 0 saturated carbocycles. The molecule has 0 aromatic heterocycles. The molecule has 1 fully saturated rings. The Morgan fingerprint density at radius 2 is 1.94 bits per heavy atom. The Labute approximate surface area is 97.3 Å². The molecule has 86 valence electrons. The molecule has 0 amide bonds. The molecular formula is C14H19NO. The summed E-state index contributed by atoms with van der Waals surface area (Å²) in [6.07, 6.45) is 2.47. The van der Waals surface area contributed by atoms with Crippen molar-refractivity contribution in [3.8, 4) is 0 Å². The van der Waals surface area contributed by atoms with Crippen molar-refractivity contribution in [1.82, 2.24) is 4.90 Å². The van der Waals surface area contributed by atoms with E-state index in [9.17, 15) is 4.79 Å². The molecule has 2 rings (SSSR count). The molecule has 1 aromatic carbocycles. The largest absolute Gasteiger partial charge is 0.296 e. The lowest BCUT2D eigenvalue weighted by atomic mass is 10.0. The number of benzene rings is 1. The standard InChI is InChI=1S/C14H19NO/c1-11-5-6-13(12(2)9-11)14(16)10-15-7-3-4-8-15/h5-6,9H,3-4,7-8,10H2,1-2H3. The highest BCUT2D eigenvalue weighted by atomic mass is 16.1. The number of likely N-dealkylation sites (tertiary alicyclic amines) is 1. The lowest BCUT2D eigenvalue weighted by Crippen LogP contribution is -2.27. The van der Waals surface area contributed by atoms with Gasteiger partial charge in [-0.25, -0.2) is 0 Å². The summed E-state index contributed by atoms with van der Waals surface area (Å²) in [5, 5.41) is 0. The summed E-state index contributed by atoms with van der Waals surface area (Å²) < 4.78 is 0. The van der Waals surface area contributed by atoms with Crippen molar-refractivity contribution in [2.24, 2.45) is 0 Å². The van der Waals surface area contributed by atoms with E-state index >= 15 is 0 Å². The molecule has 0 N–H and O–H groups in total. The van der Waals surface area contributed by atoms with Gasteiger partial charge in [0.25, 0.3) is 0 Å². The topological polar surface area (TPSA) is 20.3 Å². The molecule has 0 unspecified atom stereocenters. The Morgan fingerprint density at radius 3 is 2.56 bits per heavy atom. The molecule has 1 heterocycles. The predicted molar refractivity (Wildman–Crippen MR) is 65.9 cm³/mol. The molecule has 1 aromatic rings. The van der Waals surface area contributed by atoms with Crippen LogP contribution in [0.4, 0.5) is 0 Å². The Bertz CT molecular complexity index is 392. The minimum absolute atomic E-state index is 0.263. The van der Waals surface area contributed by atoms with Crippen LogP contribution in [0.25, 0.3) is 0 Å². The Hall–Kier alpha value is -1.15. The number of ketones is 1. The third kappa shape index (κ3) is 2.50. The van der Waals surface area contributed by atoms with Gasteiger partial charge in [-0.2, -0.15) is 0 Å². The van der Waals surface area contributed by atoms with E-state index in [2.05, 4.69) is 17.9 Å². The molecule has 1 aliphatic heterocycles. The normalized spacial score (nSPS) is 16.6. The first-order valence-electron chi connectivity index (χ1n) is 5.99. The predicted octanol–water partition coefficient (Wildman–Crippen LogP) is 2.58. The van der Waals surface area contributed by atoms with Gasteiger partial charge in [0.05, 0.1) is 6.54 Å². The lowest BCUT2D eigenvalue weighted by molar-refractivity contribution is 0.0944. The van der Waals surface area contributed by atoms with Crippen LogP contribution in [0, 0.1) is 13.8 Å². The van der Waals surface area contributed by atoms with Crippen molar-refractivity contribution in [3.05, 3.63) is 34.9 Å². The maximum atomic E-state index is 12.1. The average molecular weight is 217 g/mol. The van der Waals surface area contributed by atoms with Crippen LogP contribution in [-0.4, -0.2) is 30.3 Å². The number of Topliss-reactive ketones (excluding diaryl/α,β-unsaturated/α-hetero) is 1. The molecule has 0 spiro atoms. The van der Waals surface area contributed by atoms with E-state index in [0.717, 1.165) is 24.2 Å². The van der Waals surface area contributed by atoms with Crippen LogP contribution in [0.1, 0.15) is 34.3 Å². The quantitative estimate of drug-likeness (QED) is 0.725. The fourth-order valence-electron chi connectivity index (χ4n) is 2.36. The van der Waals surface area contributed by atoms with E-state index in [0.29, 0.717) is 6.54 Å². The maximum absolute atomic E-state index is 12.1. The SMILES string of the molecule is Cc1ccc(C(=O)CN2CCCC2)c(C)c1. The van der Waals surface area contributed by atoms with Crippen molar-refractivity contribution in [2.75, 3.05) is 19.6 Å². The maximum Gasteiger partial charge on any atom is 0.177 e. The van der Waals surface area contributed by atoms with Gasteiger partial charge in [-0.15, -0.1) is 0 Å². The molecule has 0 atom stereocenters. The van der Waals surface area contributed by atoms with E-state index in [4.69, 9.17) is 0 Å². The van der Waals surface area contributed by atoms with Crippen LogP contribution < -0.4 is 0 Å². The molecule has 2 heteroatoms. The van der Waals surface area contributed by atoms with Gasteiger partial charge in [-0.05, 0) is 45.3 Å². The minimum atomic E-state index is 0.263. The summed E-state index contributed by atoms with van der Waals surface area (Å²) in [4.78, 5) is 14.3. The van der Waals surface area contributed by atoms with Gasteiger partial charge in [-0.1, -0.05) is 23.8 Å². The fourth-order valence-corrected chi connectivity index (χ4v) is 2.36. The highest BCUT2D eigenvalue weighted by Crippen LogP contribution is 2.14. The first-order valence-corrected chi connectivity index (χ1v) is 5.99. The summed E-state index contributed by atoms with van der Waals surface area (Å²) in [5.74, 6) is 0.263. The highest BCUT2D eigenvalue weighted by molar-refractivity contribution is 5.98. The second-order valence-corrected chi connectivity index (χ2v) is 4.72. The van der Waals surface area contributed by atoms with E-state index in [1.165, 1.54) is 18.4 Å². The summed E-state index contributed by atoms with van der Waals surface area (Å²) in [5.41, 5.74) is 3.21. The third-order valence-corrected chi connectivity index (χ3v) is 3.25. The van der Waals surface area contributed by atoms with E-state index in [1.807, 2.05) is 19.1 Å². The van der Waals surface area contributed by atoms with Gasteiger partial charge in [0, 0.05) is 5.56 Å². The second kappa shape index (κ2) is 4.79. The monoisotopic (exact) mass is 217 g/mol. The molecule has 0 radical (unpaired) electrons. The summed E-state index contributed by atoms with van der Waals surface area (Å²) in [6.45, 7) is 6.82. The summed E-state index contributed by atoms with van der Waals surface area (Å²) in [6, 6.07) is 6.06. The van der Waals surface area contributed by atoms with E-state index in [1.54, 1.807) is 0 Å². The second-order valence-electron chi connectivity index (χ2n) is 4.72.